The lowest BCUT2D eigenvalue weighted by atomic mass is 10.1. The van der Waals surface area contributed by atoms with E-state index in [1.165, 1.54) is 18.9 Å². The monoisotopic (exact) mass is 410 g/mol. The fourth-order valence-corrected chi connectivity index (χ4v) is 3.60. The minimum absolute atomic E-state index is 0.175. The molecule has 0 fully saturated rings. The highest BCUT2D eigenvalue weighted by atomic mass is 32.2. The van der Waals surface area contributed by atoms with E-state index in [9.17, 15) is 9.59 Å². The molecule has 7 nitrogen and oxygen atoms in total. The number of aryl methyl sites for hydroxylation is 1. The van der Waals surface area contributed by atoms with E-state index in [4.69, 9.17) is 4.74 Å². The van der Waals surface area contributed by atoms with Gasteiger partial charge in [-0.25, -0.2) is 4.79 Å². The molecule has 0 saturated carbocycles. The molecule has 0 aliphatic rings. The van der Waals surface area contributed by atoms with Crippen LogP contribution in [0.5, 0.6) is 0 Å². The highest BCUT2D eigenvalue weighted by Gasteiger charge is 2.15. The van der Waals surface area contributed by atoms with Gasteiger partial charge in [0, 0.05) is 17.8 Å². The molecular weight excluding hydrogens is 388 g/mol. The van der Waals surface area contributed by atoms with Gasteiger partial charge in [-0.3, -0.25) is 4.79 Å². The third-order valence-electron chi connectivity index (χ3n) is 4.33. The molecule has 1 N–H and O–H groups in total. The molecule has 3 aromatic rings. The number of ether oxygens (including phenoxy) is 1. The smallest absolute Gasteiger partial charge is 0.337 e. The number of thioether (sulfide) groups is 1. The molecular formula is C21H22N4O3S. The first-order valence-electron chi connectivity index (χ1n) is 9.13. The largest absolute Gasteiger partial charge is 0.465 e. The van der Waals surface area contributed by atoms with Gasteiger partial charge in [0.2, 0.25) is 5.91 Å². The van der Waals surface area contributed by atoms with Crippen LogP contribution in [0.2, 0.25) is 0 Å². The van der Waals surface area contributed by atoms with E-state index < -0.39 is 5.97 Å². The summed E-state index contributed by atoms with van der Waals surface area (Å²) in [4.78, 5) is 24.2. The lowest BCUT2D eigenvalue weighted by Crippen LogP contribution is -2.16. The SMILES string of the molecule is CCn1c(SCC(=O)Nc2cc(C(=O)OC)ccc2C)nnc1-c1ccccc1. The van der Waals surface area contributed by atoms with E-state index in [-0.39, 0.29) is 11.7 Å². The summed E-state index contributed by atoms with van der Waals surface area (Å²) in [7, 11) is 1.32. The summed E-state index contributed by atoms with van der Waals surface area (Å²) in [5, 5.41) is 12.1. The fourth-order valence-electron chi connectivity index (χ4n) is 2.80. The number of carbonyl (C=O) groups excluding carboxylic acids is 2. The van der Waals surface area contributed by atoms with Crippen molar-refractivity contribution in [1.29, 1.82) is 0 Å². The van der Waals surface area contributed by atoms with Gasteiger partial charge in [0.05, 0.1) is 18.4 Å². The molecule has 1 aromatic heterocycles. The molecule has 0 aliphatic heterocycles. The Hall–Kier alpha value is -3.13. The lowest BCUT2D eigenvalue weighted by Gasteiger charge is -2.10. The summed E-state index contributed by atoms with van der Waals surface area (Å²) in [6, 6.07) is 14.9. The molecule has 0 aliphatic carbocycles. The third-order valence-corrected chi connectivity index (χ3v) is 5.30. The second-order valence-corrected chi connectivity index (χ2v) is 7.22. The van der Waals surface area contributed by atoms with Crippen LogP contribution in [-0.2, 0) is 16.1 Å². The average Bonchev–Trinajstić information content (AvgIpc) is 3.16. The van der Waals surface area contributed by atoms with Crippen LogP contribution in [-0.4, -0.2) is 39.5 Å². The Labute approximate surface area is 173 Å². The van der Waals surface area contributed by atoms with Gasteiger partial charge in [-0.15, -0.1) is 10.2 Å². The van der Waals surface area contributed by atoms with E-state index in [0.29, 0.717) is 23.0 Å². The quantitative estimate of drug-likeness (QED) is 0.471. The number of carbonyl (C=O) groups is 2. The topological polar surface area (TPSA) is 86.1 Å². The van der Waals surface area contributed by atoms with E-state index in [1.807, 2.05) is 48.7 Å². The van der Waals surface area contributed by atoms with Crippen molar-refractivity contribution >= 4 is 29.3 Å². The fraction of sp³-hybridized carbons (Fsp3) is 0.238. The highest BCUT2D eigenvalue weighted by Crippen LogP contribution is 2.24. The van der Waals surface area contributed by atoms with Gasteiger partial charge in [-0.2, -0.15) is 0 Å². The van der Waals surface area contributed by atoms with Crippen molar-refractivity contribution in [2.45, 2.75) is 25.5 Å². The number of rotatable bonds is 7. The number of hydrogen-bond donors (Lipinski definition) is 1. The van der Waals surface area contributed by atoms with Crippen LogP contribution in [0.25, 0.3) is 11.4 Å². The predicted molar refractivity (Wildman–Crippen MR) is 113 cm³/mol. The lowest BCUT2D eigenvalue weighted by molar-refractivity contribution is -0.113. The Morgan fingerprint density at radius 3 is 2.59 bits per heavy atom. The number of nitrogens with zero attached hydrogens (tertiary/aromatic N) is 3. The van der Waals surface area contributed by atoms with E-state index >= 15 is 0 Å². The summed E-state index contributed by atoms with van der Waals surface area (Å²) in [6.45, 7) is 4.58. The maximum atomic E-state index is 12.5. The third kappa shape index (κ3) is 4.83. The summed E-state index contributed by atoms with van der Waals surface area (Å²) < 4.78 is 6.71. The first-order chi connectivity index (χ1) is 14.0. The molecule has 0 spiro atoms. The second-order valence-electron chi connectivity index (χ2n) is 6.27. The standard InChI is InChI=1S/C21H22N4O3S/c1-4-25-19(15-8-6-5-7-9-15)23-24-21(25)29-13-18(26)22-17-12-16(20(27)28-3)11-10-14(17)2/h5-12H,4,13H2,1-3H3,(H,22,26). The van der Waals surface area contributed by atoms with E-state index in [2.05, 4.69) is 15.5 Å². The molecule has 0 unspecified atom stereocenters. The minimum Gasteiger partial charge on any atom is -0.465 e. The molecule has 0 atom stereocenters. The molecule has 0 radical (unpaired) electrons. The van der Waals surface area contributed by atoms with Crippen molar-refractivity contribution in [3.8, 4) is 11.4 Å². The summed E-state index contributed by atoms with van der Waals surface area (Å²) in [5.41, 5.74) is 2.81. The van der Waals surface area contributed by atoms with Gasteiger partial charge in [-0.05, 0) is 31.5 Å². The number of benzene rings is 2. The van der Waals surface area contributed by atoms with Crippen LogP contribution in [0.15, 0.2) is 53.7 Å². The van der Waals surface area contributed by atoms with Crippen LogP contribution >= 0.6 is 11.8 Å². The normalized spacial score (nSPS) is 10.6. The van der Waals surface area contributed by atoms with Crippen molar-refractivity contribution in [2.24, 2.45) is 0 Å². The van der Waals surface area contributed by atoms with Crippen LogP contribution in [0.3, 0.4) is 0 Å². The molecule has 0 saturated heterocycles. The first kappa shape index (κ1) is 20.6. The molecule has 2 aromatic carbocycles. The Kier molecular flexibility index (Phi) is 6.66. The van der Waals surface area contributed by atoms with Gasteiger partial charge < -0.3 is 14.6 Å². The zero-order valence-electron chi connectivity index (χ0n) is 16.5. The number of methoxy groups -OCH3 is 1. The number of hydrogen-bond acceptors (Lipinski definition) is 6. The molecule has 150 valence electrons. The molecule has 3 rings (SSSR count). The van der Waals surface area contributed by atoms with Crippen molar-refractivity contribution in [1.82, 2.24) is 14.8 Å². The first-order valence-corrected chi connectivity index (χ1v) is 10.1. The molecule has 0 bridgehead atoms. The van der Waals surface area contributed by atoms with Crippen LogP contribution in [0, 0.1) is 6.92 Å². The molecule has 29 heavy (non-hydrogen) atoms. The summed E-state index contributed by atoms with van der Waals surface area (Å²) in [5.74, 6) is 0.318. The summed E-state index contributed by atoms with van der Waals surface area (Å²) in [6.07, 6.45) is 0. The van der Waals surface area contributed by atoms with Gasteiger partial charge in [0.15, 0.2) is 11.0 Å². The van der Waals surface area contributed by atoms with Gasteiger partial charge in [-0.1, -0.05) is 48.2 Å². The Bertz CT molecular complexity index is 1020. The van der Waals surface area contributed by atoms with Crippen LogP contribution in [0.1, 0.15) is 22.8 Å². The maximum Gasteiger partial charge on any atom is 0.337 e. The van der Waals surface area contributed by atoms with E-state index in [0.717, 1.165) is 17.0 Å². The van der Waals surface area contributed by atoms with Crippen molar-refractivity contribution in [2.75, 3.05) is 18.2 Å². The average molecular weight is 410 g/mol. The zero-order valence-corrected chi connectivity index (χ0v) is 17.3. The number of esters is 1. The Balaban J connectivity index is 1.69. The second kappa shape index (κ2) is 9.38. The Morgan fingerprint density at radius 1 is 1.14 bits per heavy atom. The zero-order chi connectivity index (χ0) is 20.8. The van der Waals surface area contributed by atoms with Crippen LogP contribution in [0.4, 0.5) is 5.69 Å². The van der Waals surface area contributed by atoms with Crippen molar-refractivity contribution < 1.29 is 14.3 Å². The Morgan fingerprint density at radius 2 is 1.90 bits per heavy atom. The number of nitrogens with one attached hydrogen (secondary N) is 1. The number of amides is 1. The molecule has 1 heterocycles. The predicted octanol–water partition coefficient (Wildman–Crippen LogP) is 3.79. The maximum absolute atomic E-state index is 12.5. The molecule has 1 amide bonds. The summed E-state index contributed by atoms with van der Waals surface area (Å²) >= 11 is 1.32. The van der Waals surface area contributed by atoms with Gasteiger partial charge in [0.1, 0.15) is 0 Å². The number of anilines is 1. The van der Waals surface area contributed by atoms with Gasteiger partial charge in [0.25, 0.3) is 0 Å². The van der Waals surface area contributed by atoms with Crippen molar-refractivity contribution in [3.05, 3.63) is 59.7 Å². The number of aromatic nitrogens is 3. The van der Waals surface area contributed by atoms with Crippen LogP contribution < -0.4 is 5.32 Å². The van der Waals surface area contributed by atoms with E-state index in [1.54, 1.807) is 18.2 Å². The minimum atomic E-state index is -0.445. The van der Waals surface area contributed by atoms with Gasteiger partial charge >= 0.3 is 5.97 Å². The highest BCUT2D eigenvalue weighted by molar-refractivity contribution is 7.99. The molecule has 8 heteroatoms. The van der Waals surface area contributed by atoms with Crippen molar-refractivity contribution in [3.63, 3.8) is 0 Å².